The van der Waals surface area contributed by atoms with Gasteiger partial charge >= 0.3 is 0 Å². The highest BCUT2D eigenvalue weighted by molar-refractivity contribution is 7.05. The maximum Gasteiger partial charge on any atom is 0.0658 e. The van der Waals surface area contributed by atoms with E-state index in [0.717, 1.165) is 0 Å². The van der Waals surface area contributed by atoms with Crippen LogP contribution in [0.15, 0.2) is 6.20 Å². The van der Waals surface area contributed by atoms with Gasteiger partial charge in [0.25, 0.3) is 0 Å². The highest BCUT2D eigenvalue weighted by atomic mass is 32.1. The molecule has 0 aromatic carbocycles. The zero-order valence-electron chi connectivity index (χ0n) is 7.88. The minimum atomic E-state index is 0.216. The molecule has 0 aliphatic carbocycles. The summed E-state index contributed by atoms with van der Waals surface area (Å²) in [5, 5.41) is 3.76. The molecule has 0 fully saturated rings. The lowest BCUT2D eigenvalue weighted by Crippen LogP contribution is -2.07. The van der Waals surface area contributed by atoms with Crippen LogP contribution in [-0.4, -0.2) is 9.59 Å². The second-order valence-electron chi connectivity index (χ2n) is 3.03. The molecule has 0 spiro atoms. The van der Waals surface area contributed by atoms with E-state index in [9.17, 15) is 0 Å². The summed E-state index contributed by atoms with van der Waals surface area (Å²) in [5.41, 5.74) is 0.216. The van der Waals surface area contributed by atoms with Crippen molar-refractivity contribution in [2.75, 3.05) is 0 Å². The summed E-state index contributed by atoms with van der Waals surface area (Å²) in [5.74, 6) is 0. The lowest BCUT2D eigenvalue weighted by Gasteiger charge is -2.12. The van der Waals surface area contributed by atoms with E-state index < -0.39 is 0 Å². The first-order valence-corrected chi connectivity index (χ1v) is 4.66. The third kappa shape index (κ3) is 3.46. The van der Waals surface area contributed by atoms with Crippen molar-refractivity contribution in [3.63, 3.8) is 0 Å². The number of nitrogens with zero attached hydrogens (tertiary/aromatic N) is 2. The zero-order valence-corrected chi connectivity index (χ0v) is 8.70. The normalized spacial score (nSPS) is 10.3. The third-order valence-electron chi connectivity index (χ3n) is 1.10. The van der Waals surface area contributed by atoms with Crippen molar-refractivity contribution < 1.29 is 0 Å². The molecule has 1 heterocycles. The average molecular weight is 172 g/mol. The van der Waals surface area contributed by atoms with Gasteiger partial charge in [0, 0.05) is 0 Å². The molecule has 3 heteroatoms. The molecule has 1 aromatic rings. The van der Waals surface area contributed by atoms with Crippen molar-refractivity contribution in [3.8, 4) is 0 Å². The van der Waals surface area contributed by atoms with Crippen LogP contribution in [0.25, 0.3) is 0 Å². The molecule has 2 nitrogen and oxygen atoms in total. The van der Waals surface area contributed by atoms with E-state index in [1.165, 1.54) is 16.4 Å². The van der Waals surface area contributed by atoms with Gasteiger partial charge < -0.3 is 0 Å². The van der Waals surface area contributed by atoms with Crippen molar-refractivity contribution in [1.29, 1.82) is 0 Å². The molecular weight excluding hydrogens is 156 g/mol. The van der Waals surface area contributed by atoms with Crippen LogP contribution in [0.5, 0.6) is 0 Å². The van der Waals surface area contributed by atoms with Crippen molar-refractivity contribution in [1.82, 2.24) is 9.59 Å². The van der Waals surface area contributed by atoms with Crippen molar-refractivity contribution in [3.05, 3.63) is 11.1 Å². The van der Waals surface area contributed by atoms with E-state index in [4.69, 9.17) is 0 Å². The van der Waals surface area contributed by atoms with Crippen molar-refractivity contribution >= 4 is 11.5 Å². The quantitative estimate of drug-likeness (QED) is 0.601. The summed E-state index contributed by atoms with van der Waals surface area (Å²) in [6.07, 6.45) is 1.82. The Labute approximate surface area is 72.8 Å². The van der Waals surface area contributed by atoms with Crippen molar-refractivity contribution in [2.24, 2.45) is 0 Å². The van der Waals surface area contributed by atoms with Crippen LogP contribution in [0.4, 0.5) is 0 Å². The van der Waals surface area contributed by atoms with Crippen LogP contribution < -0.4 is 0 Å². The third-order valence-corrected chi connectivity index (χ3v) is 2.19. The molecule has 1 rings (SSSR count). The Hall–Kier alpha value is -0.440. The summed E-state index contributed by atoms with van der Waals surface area (Å²) in [4.78, 5) is 1.24. The van der Waals surface area contributed by atoms with E-state index in [1.54, 1.807) is 0 Å². The van der Waals surface area contributed by atoms with Crippen LogP contribution in [0.2, 0.25) is 0 Å². The standard InChI is InChI=1S/C6H10N2S.C2H6/c1-6(2,3)5-4-7-8-9-5;1-2/h4H,1-3H3;1-2H3. The monoisotopic (exact) mass is 172 g/mol. The van der Waals surface area contributed by atoms with E-state index in [-0.39, 0.29) is 5.41 Å². The molecule has 0 unspecified atom stereocenters. The summed E-state index contributed by atoms with van der Waals surface area (Å²) < 4.78 is 3.78. The topological polar surface area (TPSA) is 25.8 Å². The maximum atomic E-state index is 3.78. The lowest BCUT2D eigenvalue weighted by molar-refractivity contribution is 0.602. The van der Waals surface area contributed by atoms with E-state index in [0.29, 0.717) is 0 Å². The molecule has 0 amide bonds. The Morgan fingerprint density at radius 1 is 1.27 bits per heavy atom. The summed E-state index contributed by atoms with van der Waals surface area (Å²) in [6.45, 7) is 10.5. The van der Waals surface area contributed by atoms with Gasteiger partial charge in [-0.25, -0.2) is 0 Å². The molecule has 0 radical (unpaired) electrons. The highest BCUT2D eigenvalue weighted by Gasteiger charge is 2.15. The molecule has 11 heavy (non-hydrogen) atoms. The molecule has 0 saturated heterocycles. The molecule has 0 bridgehead atoms. The van der Waals surface area contributed by atoms with Gasteiger partial charge in [0.1, 0.15) is 0 Å². The van der Waals surface area contributed by atoms with Crippen LogP contribution in [-0.2, 0) is 5.41 Å². The van der Waals surface area contributed by atoms with Crippen molar-refractivity contribution in [2.45, 2.75) is 40.0 Å². The van der Waals surface area contributed by atoms with Crippen LogP contribution in [0, 0.1) is 0 Å². The summed E-state index contributed by atoms with van der Waals surface area (Å²) in [7, 11) is 0. The molecule has 0 aliphatic rings. The predicted molar refractivity (Wildman–Crippen MR) is 50.0 cm³/mol. The van der Waals surface area contributed by atoms with Gasteiger partial charge in [-0.05, 0) is 16.9 Å². The lowest BCUT2D eigenvalue weighted by atomic mass is 9.96. The van der Waals surface area contributed by atoms with Gasteiger partial charge in [-0.3, -0.25) is 0 Å². The fourth-order valence-electron chi connectivity index (χ4n) is 0.498. The van der Waals surface area contributed by atoms with Gasteiger partial charge in [0.05, 0.1) is 11.1 Å². The first-order valence-electron chi connectivity index (χ1n) is 3.88. The molecule has 1 aromatic heterocycles. The Morgan fingerprint density at radius 2 is 1.82 bits per heavy atom. The van der Waals surface area contributed by atoms with Gasteiger partial charge in [-0.1, -0.05) is 39.1 Å². The van der Waals surface area contributed by atoms with Crippen LogP contribution in [0.1, 0.15) is 39.5 Å². The minimum Gasteiger partial charge on any atom is -0.146 e. The number of hydrogen-bond donors (Lipinski definition) is 0. The summed E-state index contributed by atoms with van der Waals surface area (Å²) in [6, 6.07) is 0. The molecule has 0 atom stereocenters. The average Bonchev–Trinajstić information content (AvgIpc) is 2.40. The predicted octanol–water partition coefficient (Wildman–Crippen LogP) is 2.86. The second-order valence-corrected chi connectivity index (χ2v) is 3.82. The molecule has 0 aliphatic heterocycles. The molecular formula is C8H16N2S. The van der Waals surface area contributed by atoms with E-state index in [2.05, 4.69) is 30.4 Å². The van der Waals surface area contributed by atoms with Gasteiger partial charge in [0.2, 0.25) is 0 Å². The zero-order chi connectivity index (χ0) is 8.91. The smallest absolute Gasteiger partial charge is 0.0658 e. The SMILES string of the molecule is CC.CC(C)(C)c1cnns1. The molecule has 0 saturated carbocycles. The van der Waals surface area contributed by atoms with Gasteiger partial charge in [-0.2, -0.15) is 0 Å². The first kappa shape index (κ1) is 10.6. The number of aromatic nitrogens is 2. The Morgan fingerprint density at radius 3 is 2.00 bits per heavy atom. The first-order chi connectivity index (χ1) is 5.11. The summed E-state index contributed by atoms with van der Waals surface area (Å²) >= 11 is 1.47. The maximum absolute atomic E-state index is 3.78. The van der Waals surface area contributed by atoms with Gasteiger partial charge in [0.15, 0.2) is 0 Å². The van der Waals surface area contributed by atoms with E-state index in [1.807, 2.05) is 20.0 Å². The van der Waals surface area contributed by atoms with Crippen LogP contribution >= 0.6 is 11.5 Å². The molecule has 0 N–H and O–H groups in total. The second kappa shape index (κ2) is 4.44. The largest absolute Gasteiger partial charge is 0.146 e. The van der Waals surface area contributed by atoms with E-state index >= 15 is 0 Å². The van der Waals surface area contributed by atoms with Gasteiger partial charge in [-0.15, -0.1) is 5.10 Å². The van der Waals surface area contributed by atoms with Crippen LogP contribution in [0.3, 0.4) is 0 Å². The molecule has 64 valence electrons. The Bertz CT molecular complexity index is 174. The fraction of sp³-hybridized carbons (Fsp3) is 0.750. The number of hydrogen-bond acceptors (Lipinski definition) is 3. The minimum absolute atomic E-state index is 0.216. The highest BCUT2D eigenvalue weighted by Crippen LogP contribution is 2.23. The Balaban J connectivity index is 0.000000461. The Kier molecular flexibility index (Phi) is 4.26. The fourth-order valence-corrected chi connectivity index (χ4v) is 1.05. The number of rotatable bonds is 0.